The summed E-state index contributed by atoms with van der Waals surface area (Å²) in [4.78, 5) is 12.0. The Morgan fingerprint density at radius 2 is 2.06 bits per heavy atom. The Bertz CT molecular complexity index is 601. The molecule has 2 rings (SSSR count). The van der Waals surface area contributed by atoms with Crippen molar-refractivity contribution in [3.05, 3.63) is 51.9 Å². The lowest BCUT2D eigenvalue weighted by atomic mass is 10.2. The van der Waals surface area contributed by atoms with Gasteiger partial charge in [0.15, 0.2) is 5.15 Å². The number of hydrogen-bond acceptors (Lipinski definition) is 2. The van der Waals surface area contributed by atoms with Crippen molar-refractivity contribution in [2.75, 3.05) is 0 Å². The van der Waals surface area contributed by atoms with Crippen molar-refractivity contribution in [3.63, 3.8) is 0 Å². The average Bonchev–Trinajstić information content (AvgIpc) is 2.32. The Labute approximate surface area is 98.0 Å². The highest BCUT2D eigenvalue weighted by molar-refractivity contribution is 6.34. The van der Waals surface area contributed by atoms with E-state index in [0.717, 1.165) is 0 Å². The molecular weight excluding hydrogens is 224 g/mol. The Hall–Kier alpha value is -1.61. The molecule has 0 fully saturated rings. The van der Waals surface area contributed by atoms with E-state index in [1.165, 1.54) is 4.68 Å². The fraction of sp³-hybridized carbons (Fsp3) is 0.167. The molecule has 1 aromatic carbocycles. The average molecular weight is 235 g/mol. The summed E-state index contributed by atoms with van der Waals surface area (Å²) in [6, 6.07) is 7.22. The lowest BCUT2D eigenvalue weighted by Gasteiger charge is -2.04. The van der Waals surface area contributed by atoms with Gasteiger partial charge in [-0.05, 0) is 13.0 Å². The van der Waals surface area contributed by atoms with Crippen molar-refractivity contribution in [3.8, 4) is 0 Å². The van der Waals surface area contributed by atoms with E-state index in [9.17, 15) is 4.79 Å². The molecule has 2 aromatic rings. The van der Waals surface area contributed by atoms with Crippen LogP contribution in [0.1, 0.15) is 6.92 Å². The van der Waals surface area contributed by atoms with Crippen LogP contribution in [0.3, 0.4) is 0 Å². The summed E-state index contributed by atoms with van der Waals surface area (Å²) in [6.45, 7) is 2.34. The molecule has 82 valence electrons. The second kappa shape index (κ2) is 4.49. The van der Waals surface area contributed by atoms with Crippen LogP contribution in [0.25, 0.3) is 10.8 Å². The molecule has 0 aliphatic rings. The first-order valence-corrected chi connectivity index (χ1v) is 5.38. The van der Waals surface area contributed by atoms with E-state index in [0.29, 0.717) is 22.5 Å². The molecule has 16 heavy (non-hydrogen) atoms. The third-order valence-electron chi connectivity index (χ3n) is 2.34. The van der Waals surface area contributed by atoms with Crippen LogP contribution in [0.2, 0.25) is 5.15 Å². The number of aromatic nitrogens is 2. The van der Waals surface area contributed by atoms with E-state index >= 15 is 0 Å². The van der Waals surface area contributed by atoms with E-state index in [-0.39, 0.29) is 5.56 Å². The zero-order valence-electron chi connectivity index (χ0n) is 8.85. The monoisotopic (exact) mass is 234 g/mol. The molecule has 1 aromatic heterocycles. The smallest absolute Gasteiger partial charge is 0.267 e. The third kappa shape index (κ3) is 1.86. The van der Waals surface area contributed by atoms with Gasteiger partial charge in [0.1, 0.15) is 0 Å². The molecule has 0 saturated heterocycles. The zero-order chi connectivity index (χ0) is 11.5. The lowest BCUT2D eigenvalue weighted by Crippen LogP contribution is -2.22. The lowest BCUT2D eigenvalue weighted by molar-refractivity contribution is 0.660. The first kappa shape index (κ1) is 10.9. The van der Waals surface area contributed by atoms with Crippen LogP contribution in [0, 0.1) is 0 Å². The maximum Gasteiger partial charge on any atom is 0.275 e. The molecule has 0 aliphatic heterocycles. The minimum atomic E-state index is -0.113. The zero-order valence-corrected chi connectivity index (χ0v) is 9.61. The summed E-state index contributed by atoms with van der Waals surface area (Å²) in [5.74, 6) is 0. The fourth-order valence-corrected chi connectivity index (χ4v) is 1.78. The number of benzene rings is 1. The Morgan fingerprint density at radius 1 is 1.38 bits per heavy atom. The number of rotatable bonds is 2. The van der Waals surface area contributed by atoms with Crippen LogP contribution in [-0.4, -0.2) is 9.78 Å². The molecule has 0 unspecified atom stereocenters. The van der Waals surface area contributed by atoms with E-state index in [1.807, 2.05) is 31.2 Å². The Morgan fingerprint density at radius 3 is 2.75 bits per heavy atom. The minimum absolute atomic E-state index is 0.113. The summed E-state index contributed by atoms with van der Waals surface area (Å²) >= 11 is 6.02. The maximum absolute atomic E-state index is 12.0. The normalized spacial score (nSPS) is 11.4. The van der Waals surface area contributed by atoms with Crippen molar-refractivity contribution in [2.45, 2.75) is 13.5 Å². The molecule has 0 aliphatic carbocycles. The van der Waals surface area contributed by atoms with E-state index in [1.54, 1.807) is 12.1 Å². The molecule has 0 radical (unpaired) electrons. The molecular formula is C12H11ClN2O. The van der Waals surface area contributed by atoms with Gasteiger partial charge in [0.05, 0.1) is 11.9 Å². The largest absolute Gasteiger partial charge is 0.275 e. The predicted molar refractivity (Wildman–Crippen MR) is 65.8 cm³/mol. The minimum Gasteiger partial charge on any atom is -0.267 e. The summed E-state index contributed by atoms with van der Waals surface area (Å²) < 4.78 is 1.37. The van der Waals surface area contributed by atoms with Crippen LogP contribution in [-0.2, 0) is 6.54 Å². The summed E-state index contributed by atoms with van der Waals surface area (Å²) in [5.41, 5.74) is -0.113. The van der Waals surface area contributed by atoms with E-state index in [4.69, 9.17) is 11.6 Å². The standard InChI is InChI=1S/C12H11ClN2O/c1-2-3-8-15-12(16)10-7-5-4-6-9(10)11(13)14-15/h2-7H,8H2,1H3/b3-2+. The van der Waals surface area contributed by atoms with E-state index in [2.05, 4.69) is 5.10 Å². The van der Waals surface area contributed by atoms with Gasteiger partial charge in [0, 0.05) is 5.39 Å². The van der Waals surface area contributed by atoms with Gasteiger partial charge in [-0.3, -0.25) is 4.79 Å². The Kier molecular flexibility index (Phi) is 3.06. The van der Waals surface area contributed by atoms with Gasteiger partial charge in [0.25, 0.3) is 5.56 Å². The topological polar surface area (TPSA) is 34.9 Å². The second-order valence-corrected chi connectivity index (χ2v) is 3.75. The molecule has 0 spiro atoms. The van der Waals surface area contributed by atoms with Gasteiger partial charge in [-0.25, -0.2) is 4.68 Å². The first-order chi connectivity index (χ1) is 7.74. The number of hydrogen-bond donors (Lipinski definition) is 0. The van der Waals surface area contributed by atoms with Crippen molar-refractivity contribution >= 4 is 22.4 Å². The molecule has 0 bridgehead atoms. The SMILES string of the molecule is C/C=C/Cn1nc(Cl)c2ccccc2c1=O. The molecule has 0 N–H and O–H groups in total. The summed E-state index contributed by atoms with van der Waals surface area (Å²) in [7, 11) is 0. The molecule has 0 saturated carbocycles. The van der Waals surface area contributed by atoms with Crippen LogP contribution in [0.15, 0.2) is 41.2 Å². The number of nitrogens with zero attached hydrogens (tertiary/aromatic N) is 2. The molecule has 1 heterocycles. The highest BCUT2D eigenvalue weighted by Gasteiger charge is 2.06. The van der Waals surface area contributed by atoms with Crippen molar-refractivity contribution in [2.24, 2.45) is 0 Å². The van der Waals surface area contributed by atoms with E-state index < -0.39 is 0 Å². The van der Waals surface area contributed by atoms with Gasteiger partial charge in [-0.1, -0.05) is 42.0 Å². The van der Waals surface area contributed by atoms with Crippen molar-refractivity contribution in [1.29, 1.82) is 0 Å². The van der Waals surface area contributed by atoms with Crippen molar-refractivity contribution in [1.82, 2.24) is 9.78 Å². The van der Waals surface area contributed by atoms with Gasteiger partial charge in [-0.2, -0.15) is 5.10 Å². The van der Waals surface area contributed by atoms with Crippen molar-refractivity contribution < 1.29 is 0 Å². The summed E-state index contributed by atoms with van der Waals surface area (Å²) in [6.07, 6.45) is 3.73. The van der Waals surface area contributed by atoms with Crippen LogP contribution in [0.5, 0.6) is 0 Å². The summed E-state index contributed by atoms with van der Waals surface area (Å²) in [5, 5.41) is 5.72. The molecule has 4 heteroatoms. The quantitative estimate of drug-likeness (QED) is 0.749. The number of halogens is 1. The van der Waals surface area contributed by atoms with Gasteiger partial charge < -0.3 is 0 Å². The van der Waals surface area contributed by atoms with Crippen LogP contribution in [0.4, 0.5) is 0 Å². The maximum atomic E-state index is 12.0. The highest BCUT2D eigenvalue weighted by atomic mass is 35.5. The van der Waals surface area contributed by atoms with Gasteiger partial charge in [0.2, 0.25) is 0 Å². The number of allylic oxidation sites excluding steroid dienone is 2. The number of fused-ring (bicyclic) bond motifs is 1. The van der Waals surface area contributed by atoms with Gasteiger partial charge in [-0.15, -0.1) is 0 Å². The predicted octanol–water partition coefficient (Wildman–Crippen LogP) is 2.63. The highest BCUT2D eigenvalue weighted by Crippen LogP contribution is 2.17. The molecule has 0 atom stereocenters. The van der Waals surface area contributed by atoms with Crippen LogP contribution >= 0.6 is 11.6 Å². The second-order valence-electron chi connectivity index (χ2n) is 3.39. The Balaban J connectivity index is 2.70. The molecule has 3 nitrogen and oxygen atoms in total. The fourth-order valence-electron chi connectivity index (χ4n) is 1.52. The molecule has 0 amide bonds. The first-order valence-electron chi connectivity index (χ1n) is 5.00. The van der Waals surface area contributed by atoms with Gasteiger partial charge >= 0.3 is 0 Å². The third-order valence-corrected chi connectivity index (χ3v) is 2.62. The van der Waals surface area contributed by atoms with Crippen LogP contribution < -0.4 is 5.56 Å².